The van der Waals surface area contributed by atoms with Gasteiger partial charge in [-0.1, -0.05) is 103 Å². The summed E-state index contributed by atoms with van der Waals surface area (Å²) in [7, 11) is 0. The fourth-order valence-electron chi connectivity index (χ4n) is 10.8. The molecule has 2 aliphatic heterocycles. The molecule has 0 radical (unpaired) electrons. The lowest BCUT2D eigenvalue weighted by atomic mass is 9.55. The minimum atomic E-state index is -1.61. The number of ether oxygens (including phenoxy) is 7. The highest BCUT2D eigenvalue weighted by Crippen LogP contribution is 2.62. The van der Waals surface area contributed by atoms with Crippen molar-refractivity contribution in [3.63, 3.8) is 0 Å². The molecule has 0 unspecified atom stereocenters. The molecule has 5 aromatic carbocycles. The molecule has 74 heavy (non-hydrogen) atoms. The van der Waals surface area contributed by atoms with Gasteiger partial charge in [-0.05, 0) is 96.2 Å². The zero-order chi connectivity index (χ0) is 51.3. The Morgan fingerprint density at radius 3 is 2.30 bits per heavy atom. The van der Waals surface area contributed by atoms with Crippen LogP contribution in [0.15, 0.2) is 151 Å². The third kappa shape index (κ3) is 11.9. The second-order valence-electron chi connectivity index (χ2n) is 18.9. The van der Waals surface area contributed by atoms with Gasteiger partial charge < -0.3 is 48.2 Å². The minimum Gasteiger partial charge on any atom is -0.459 e. The van der Waals surface area contributed by atoms with E-state index in [-0.39, 0.29) is 88.6 Å². The number of unbranched alkanes of at least 4 members (excludes halogenated alkanes) is 2. The summed E-state index contributed by atoms with van der Waals surface area (Å²) >= 11 is 0. The van der Waals surface area contributed by atoms with E-state index in [9.17, 15) is 20.3 Å². The lowest BCUT2D eigenvalue weighted by molar-refractivity contribution is -0.384. The molecule has 1 fully saturated rings. The van der Waals surface area contributed by atoms with Crippen molar-refractivity contribution in [2.45, 2.75) is 82.5 Å². The number of hydrogen-bond acceptors (Lipinski definition) is 14. The largest absolute Gasteiger partial charge is 0.459 e. The quantitative estimate of drug-likeness (QED) is 0.0243. The Labute approximate surface area is 430 Å². The van der Waals surface area contributed by atoms with E-state index in [1.807, 2.05) is 91.0 Å². The van der Waals surface area contributed by atoms with Crippen molar-refractivity contribution < 1.29 is 57.9 Å². The van der Waals surface area contributed by atoms with Crippen LogP contribution in [0.3, 0.4) is 0 Å². The first-order valence-electron chi connectivity index (χ1n) is 25.4. The molecule has 16 heteroatoms. The topological polar surface area (TPSA) is 190 Å². The van der Waals surface area contributed by atoms with Crippen LogP contribution in [0, 0.1) is 27.9 Å². The van der Waals surface area contributed by atoms with Crippen molar-refractivity contribution in [3.05, 3.63) is 178 Å². The molecule has 0 saturated heterocycles. The van der Waals surface area contributed by atoms with Gasteiger partial charge in [-0.3, -0.25) is 15.0 Å². The third-order valence-corrected chi connectivity index (χ3v) is 14.1. The number of nitro benzene ring substituents is 1. The lowest BCUT2D eigenvalue weighted by Crippen LogP contribution is -2.70. The van der Waals surface area contributed by atoms with Crippen LogP contribution in [-0.4, -0.2) is 83.5 Å². The summed E-state index contributed by atoms with van der Waals surface area (Å²) in [5.41, 5.74) is 4.79. The molecule has 2 N–H and O–H groups in total. The highest BCUT2D eigenvalue weighted by atomic mass is 16.7. The van der Waals surface area contributed by atoms with E-state index in [1.54, 1.807) is 29.2 Å². The van der Waals surface area contributed by atoms with E-state index < -0.39 is 28.8 Å². The zero-order valence-corrected chi connectivity index (χ0v) is 41.3. The summed E-state index contributed by atoms with van der Waals surface area (Å²) in [6.07, 6.45) is 7.52. The molecule has 2 heterocycles. The molecule has 1 saturated carbocycles. The molecule has 4 aliphatic rings. The second-order valence-corrected chi connectivity index (χ2v) is 18.9. The van der Waals surface area contributed by atoms with Crippen LogP contribution >= 0.6 is 0 Å². The number of nitrogens with zero attached hydrogens (tertiary/aromatic N) is 3. The monoisotopic (exact) mass is 1010 g/mol. The first kappa shape index (κ1) is 51.7. The van der Waals surface area contributed by atoms with Gasteiger partial charge >= 0.3 is 6.09 Å². The Bertz CT molecular complexity index is 2770. The molecule has 0 spiro atoms. The number of hydrogen-bond donors (Lipinski definition) is 2. The summed E-state index contributed by atoms with van der Waals surface area (Å²) in [6, 6.07) is 35.7. The summed E-state index contributed by atoms with van der Waals surface area (Å²) in [6.45, 7) is 4.90. The van der Waals surface area contributed by atoms with E-state index in [1.165, 1.54) is 12.1 Å². The van der Waals surface area contributed by atoms with Gasteiger partial charge in [0.1, 0.15) is 36.5 Å². The average molecular weight is 1010 g/mol. The SMILES string of the molecule is C=CCO[C@@]12Oc3ccc(Oc4cccc([N+](=O)[O-])c4)cc3[C@H]3[C@H](CCCCO)[C@@H](CCCCO)C=C(C(=NOCc4ccccc4)C[C@@H]1N(Cc1ccc4c(c1)OCO4)C(=O)OCCOCc1ccccc1)[C@H]32. The number of benzene rings is 5. The van der Waals surface area contributed by atoms with Crippen molar-refractivity contribution in [1.82, 2.24) is 4.90 Å². The number of rotatable bonds is 25. The van der Waals surface area contributed by atoms with Gasteiger partial charge in [-0.15, -0.1) is 6.58 Å². The Balaban J connectivity index is 1.19. The molecule has 0 aromatic heterocycles. The molecule has 5 aromatic rings. The maximum atomic E-state index is 15.2. The van der Waals surface area contributed by atoms with Crippen molar-refractivity contribution in [2.75, 3.05) is 39.8 Å². The predicted octanol–water partition coefficient (Wildman–Crippen LogP) is 10.8. The molecule has 16 nitrogen and oxygen atoms in total. The molecular weight excluding hydrogens is 947 g/mol. The predicted molar refractivity (Wildman–Crippen MR) is 275 cm³/mol. The van der Waals surface area contributed by atoms with E-state index in [4.69, 9.17) is 43.2 Å². The zero-order valence-electron chi connectivity index (χ0n) is 41.3. The molecule has 0 bridgehead atoms. The molecule has 388 valence electrons. The first-order chi connectivity index (χ1) is 36.3. The maximum Gasteiger partial charge on any atom is 0.410 e. The standard InChI is InChI=1S/C58H63N3O13/c1-2-28-71-58-54(60(36-42-22-24-52-53(31-42)70-39-69-52)57(64)68-30-29-67-37-40-14-5-3-6-15-40)35-50(59-72-38-41-16-7-4-8-17-41)48-32-43(18-9-11-26-62)47(21-10-12-27-63)55(56(48)58)49-34-46(23-25-51(49)74-58)73-45-20-13-19-44(33-45)61(65)66/h2-8,13-17,19-20,22-25,31-34,43,47,54-56,62-63H,1,9-12,18,21,26-30,35-39H2/t43-,47+,54-,55+,56+,58+/m0/s1. The number of aliphatic hydroxyl groups is 2. The number of aliphatic hydroxyl groups excluding tert-OH is 2. The van der Waals surface area contributed by atoms with Crippen LogP contribution < -0.4 is 18.9 Å². The van der Waals surface area contributed by atoms with Crippen LogP contribution in [0.5, 0.6) is 28.7 Å². The average Bonchev–Trinajstić information content (AvgIpc) is 3.97. The van der Waals surface area contributed by atoms with Crippen molar-refractivity contribution in [1.29, 1.82) is 0 Å². The number of fused-ring (bicyclic) bond motifs is 3. The van der Waals surface area contributed by atoms with Crippen LogP contribution in [0.1, 0.15) is 73.1 Å². The van der Waals surface area contributed by atoms with E-state index >= 15 is 4.79 Å². The third-order valence-electron chi connectivity index (χ3n) is 14.1. The smallest absolute Gasteiger partial charge is 0.410 e. The summed E-state index contributed by atoms with van der Waals surface area (Å²) in [5, 5.41) is 36.9. The highest BCUT2D eigenvalue weighted by Gasteiger charge is 2.66. The lowest BCUT2D eigenvalue weighted by Gasteiger charge is -2.59. The number of nitro groups is 1. The fraction of sp³-hybridized carbons (Fsp3) is 0.379. The van der Waals surface area contributed by atoms with Crippen LogP contribution in [0.25, 0.3) is 0 Å². The van der Waals surface area contributed by atoms with Crippen molar-refractivity contribution in [2.24, 2.45) is 22.9 Å². The molecule has 1 amide bonds. The highest BCUT2D eigenvalue weighted by molar-refractivity contribution is 6.03. The molecule has 2 aliphatic carbocycles. The molecular formula is C58H63N3O13. The maximum absolute atomic E-state index is 15.2. The van der Waals surface area contributed by atoms with Crippen molar-refractivity contribution >= 4 is 17.5 Å². The molecule has 6 atom stereocenters. The van der Waals surface area contributed by atoms with E-state index in [2.05, 4.69) is 12.7 Å². The summed E-state index contributed by atoms with van der Waals surface area (Å²) < 4.78 is 44.7. The number of oxime groups is 1. The minimum absolute atomic E-state index is 0.0240. The second kappa shape index (κ2) is 24.7. The normalized spacial score (nSPS) is 21.6. The Morgan fingerprint density at radius 1 is 0.811 bits per heavy atom. The van der Waals surface area contributed by atoms with Gasteiger partial charge in [0.05, 0.1) is 42.4 Å². The van der Waals surface area contributed by atoms with Gasteiger partial charge in [0.2, 0.25) is 12.6 Å². The van der Waals surface area contributed by atoms with Crippen LogP contribution in [-0.2, 0) is 38.8 Å². The summed E-state index contributed by atoms with van der Waals surface area (Å²) in [5.74, 6) is -0.399. The molecule has 9 rings (SSSR count). The van der Waals surface area contributed by atoms with Crippen LogP contribution in [0.2, 0.25) is 0 Å². The Hall–Kier alpha value is -7.24. The Kier molecular flexibility index (Phi) is 17.2. The summed E-state index contributed by atoms with van der Waals surface area (Å²) in [4.78, 5) is 34.5. The number of non-ortho nitro benzene ring substituents is 1. The number of carbonyl (C=O) groups excluding carboxylic acids is 1. The van der Waals surface area contributed by atoms with Gasteiger partial charge in [-0.25, -0.2) is 4.79 Å². The van der Waals surface area contributed by atoms with E-state index in [0.717, 1.165) is 40.7 Å². The van der Waals surface area contributed by atoms with Gasteiger partial charge in [0.15, 0.2) is 11.5 Å². The fourth-order valence-corrected chi connectivity index (χ4v) is 10.8. The van der Waals surface area contributed by atoms with Crippen LogP contribution in [0.4, 0.5) is 10.5 Å². The van der Waals surface area contributed by atoms with Crippen molar-refractivity contribution in [3.8, 4) is 28.7 Å². The van der Waals surface area contributed by atoms with Gasteiger partial charge in [0, 0.05) is 43.7 Å². The Morgan fingerprint density at radius 2 is 1.54 bits per heavy atom. The van der Waals surface area contributed by atoms with E-state index in [0.29, 0.717) is 61.0 Å². The number of allylic oxidation sites excluding steroid dienone is 1. The van der Waals surface area contributed by atoms with Gasteiger partial charge in [-0.2, -0.15) is 0 Å². The first-order valence-corrected chi connectivity index (χ1v) is 25.4. The number of amides is 1. The van der Waals surface area contributed by atoms with Gasteiger partial charge in [0.25, 0.3) is 5.69 Å². The number of carbonyl (C=O) groups is 1.